The maximum absolute atomic E-state index is 7.22. The van der Waals surface area contributed by atoms with Gasteiger partial charge in [-0.05, 0) is 22.3 Å². The summed E-state index contributed by atoms with van der Waals surface area (Å²) in [7, 11) is 0. The van der Waals surface area contributed by atoms with Crippen molar-refractivity contribution in [2.45, 2.75) is 38.1 Å². The Morgan fingerprint density at radius 3 is 1.43 bits per heavy atom. The fraction of sp³-hybridized carbons (Fsp3) is 0.368. The van der Waals surface area contributed by atoms with Crippen LogP contribution in [-0.4, -0.2) is 50.5 Å². The maximum atomic E-state index is 7.22. The molecule has 0 N–H and O–H groups in total. The van der Waals surface area contributed by atoms with Gasteiger partial charge in [-0.15, -0.1) is 0 Å². The van der Waals surface area contributed by atoms with Gasteiger partial charge in [0.25, 0.3) is 0 Å². The SMILES string of the molecule is c1ccc(COCCOC(c2ccccc2)(c2ccccc2)C23CC[N+](CCOCc4ccccc4)(CC2)CC3)cc1. The van der Waals surface area contributed by atoms with Gasteiger partial charge in [0.1, 0.15) is 12.1 Å². The first-order chi connectivity index (χ1) is 20.7. The summed E-state index contributed by atoms with van der Waals surface area (Å²) < 4.78 is 20.6. The average Bonchev–Trinajstić information content (AvgIpc) is 3.07. The van der Waals surface area contributed by atoms with Crippen LogP contribution in [0.5, 0.6) is 0 Å². The number of fused-ring (bicyclic) bond motifs is 3. The Balaban J connectivity index is 1.19. The number of piperidine rings is 3. The third kappa shape index (κ3) is 6.09. The van der Waals surface area contributed by atoms with Crippen molar-refractivity contribution in [2.24, 2.45) is 5.41 Å². The Kier molecular flexibility index (Phi) is 9.16. The van der Waals surface area contributed by atoms with Crippen molar-refractivity contribution in [3.8, 4) is 0 Å². The van der Waals surface area contributed by atoms with Crippen LogP contribution in [0.15, 0.2) is 121 Å². The van der Waals surface area contributed by atoms with E-state index in [0.29, 0.717) is 26.4 Å². The number of hydrogen-bond donors (Lipinski definition) is 0. The van der Waals surface area contributed by atoms with Crippen molar-refractivity contribution in [1.29, 1.82) is 0 Å². The molecule has 2 bridgehead atoms. The molecule has 3 saturated heterocycles. The van der Waals surface area contributed by atoms with Crippen LogP contribution in [0.25, 0.3) is 0 Å². The van der Waals surface area contributed by atoms with E-state index < -0.39 is 5.60 Å². The molecule has 0 saturated carbocycles. The molecule has 0 radical (unpaired) electrons. The molecule has 4 aromatic rings. The Morgan fingerprint density at radius 2 is 0.952 bits per heavy atom. The van der Waals surface area contributed by atoms with Crippen molar-refractivity contribution in [2.75, 3.05) is 46.0 Å². The summed E-state index contributed by atoms with van der Waals surface area (Å²) in [6, 6.07) is 42.8. The van der Waals surface area contributed by atoms with Crippen LogP contribution in [-0.2, 0) is 33.0 Å². The van der Waals surface area contributed by atoms with Crippen LogP contribution >= 0.6 is 0 Å². The number of hydrogen-bond acceptors (Lipinski definition) is 3. The first kappa shape index (κ1) is 28.8. The topological polar surface area (TPSA) is 27.7 Å². The van der Waals surface area contributed by atoms with E-state index >= 15 is 0 Å². The van der Waals surface area contributed by atoms with Crippen LogP contribution in [0.2, 0.25) is 0 Å². The predicted octanol–water partition coefficient (Wildman–Crippen LogP) is 7.38. The van der Waals surface area contributed by atoms with Crippen molar-refractivity contribution in [1.82, 2.24) is 0 Å². The summed E-state index contributed by atoms with van der Waals surface area (Å²) in [5.74, 6) is 0. The molecule has 4 aromatic carbocycles. The monoisotopic (exact) mass is 562 g/mol. The smallest absolute Gasteiger partial charge is 0.124 e. The van der Waals surface area contributed by atoms with Gasteiger partial charge in [-0.1, -0.05) is 121 Å². The highest BCUT2D eigenvalue weighted by atomic mass is 16.5. The van der Waals surface area contributed by atoms with Crippen LogP contribution in [0.4, 0.5) is 0 Å². The fourth-order valence-electron chi connectivity index (χ4n) is 7.41. The summed E-state index contributed by atoms with van der Waals surface area (Å²) in [6.07, 6.45) is 3.42. The molecule has 4 heteroatoms. The van der Waals surface area contributed by atoms with Crippen LogP contribution < -0.4 is 0 Å². The molecule has 0 atom stereocenters. The zero-order chi connectivity index (χ0) is 28.6. The lowest BCUT2D eigenvalue weighted by atomic mass is 9.56. The van der Waals surface area contributed by atoms with E-state index in [4.69, 9.17) is 14.2 Å². The minimum absolute atomic E-state index is 0.0278. The van der Waals surface area contributed by atoms with Crippen molar-refractivity contribution >= 4 is 0 Å². The second kappa shape index (κ2) is 13.4. The van der Waals surface area contributed by atoms with Gasteiger partial charge in [-0.25, -0.2) is 0 Å². The lowest BCUT2D eigenvalue weighted by Gasteiger charge is -2.61. The highest BCUT2D eigenvalue weighted by Gasteiger charge is 2.61. The molecule has 0 spiro atoms. The minimum atomic E-state index is -0.522. The van der Waals surface area contributed by atoms with E-state index in [1.165, 1.54) is 41.9 Å². The molecule has 0 aliphatic carbocycles. The lowest BCUT2D eigenvalue weighted by molar-refractivity contribution is -0.946. The summed E-state index contributed by atoms with van der Waals surface area (Å²) in [5, 5.41) is 0. The Hall–Kier alpha value is -3.28. The summed E-state index contributed by atoms with van der Waals surface area (Å²) >= 11 is 0. The fourth-order valence-corrected chi connectivity index (χ4v) is 7.41. The van der Waals surface area contributed by atoms with E-state index in [2.05, 4.69) is 115 Å². The molecule has 4 nitrogen and oxygen atoms in total. The quantitative estimate of drug-likeness (QED) is 0.119. The average molecular weight is 563 g/mol. The molecule has 42 heavy (non-hydrogen) atoms. The van der Waals surface area contributed by atoms with Crippen molar-refractivity contribution < 1.29 is 18.7 Å². The Bertz CT molecular complexity index is 1300. The molecule has 3 aliphatic rings. The van der Waals surface area contributed by atoms with E-state index in [9.17, 15) is 0 Å². The van der Waals surface area contributed by atoms with Crippen molar-refractivity contribution in [3.63, 3.8) is 0 Å². The third-order valence-electron chi connectivity index (χ3n) is 9.78. The van der Waals surface area contributed by atoms with E-state index in [1.54, 1.807) is 0 Å². The summed E-state index contributed by atoms with van der Waals surface area (Å²) in [5.41, 5.74) is 4.45. The standard InChI is InChI=1S/C38H44NO3/c1-5-13-33(14-6-1)31-40-28-27-39-24-21-37(22-25-39,23-26-39)38(35-17-9-3-10-18-35,36-19-11-4-12-20-36)42-30-29-41-32-34-15-7-2-8-16-34/h1-20H,21-32H2/q+1. The molecule has 0 amide bonds. The first-order valence-electron chi connectivity index (χ1n) is 15.6. The predicted molar refractivity (Wildman–Crippen MR) is 168 cm³/mol. The molecule has 0 unspecified atom stereocenters. The number of nitrogens with zero attached hydrogens (tertiary/aromatic N) is 1. The number of benzene rings is 4. The van der Waals surface area contributed by atoms with Gasteiger partial charge in [0.2, 0.25) is 0 Å². The van der Waals surface area contributed by atoms with Crippen molar-refractivity contribution in [3.05, 3.63) is 144 Å². The van der Waals surface area contributed by atoms with Gasteiger partial charge in [0.15, 0.2) is 0 Å². The normalized spacial score (nSPS) is 21.8. The zero-order valence-corrected chi connectivity index (χ0v) is 24.7. The Morgan fingerprint density at radius 1 is 0.524 bits per heavy atom. The van der Waals surface area contributed by atoms with Gasteiger partial charge in [0.05, 0.1) is 52.7 Å². The van der Waals surface area contributed by atoms with Gasteiger partial charge in [-0.2, -0.15) is 0 Å². The maximum Gasteiger partial charge on any atom is 0.124 e. The minimum Gasteiger partial charge on any atom is -0.374 e. The van der Waals surface area contributed by atoms with Gasteiger partial charge < -0.3 is 18.7 Å². The molecular weight excluding hydrogens is 518 g/mol. The summed E-state index contributed by atoms with van der Waals surface area (Å²) in [6.45, 7) is 7.80. The van der Waals surface area contributed by atoms with Gasteiger partial charge in [-0.3, -0.25) is 0 Å². The van der Waals surface area contributed by atoms with Gasteiger partial charge in [0, 0.05) is 24.7 Å². The van der Waals surface area contributed by atoms with Gasteiger partial charge >= 0.3 is 0 Å². The zero-order valence-electron chi connectivity index (χ0n) is 24.7. The number of rotatable bonds is 14. The first-order valence-corrected chi connectivity index (χ1v) is 15.6. The third-order valence-corrected chi connectivity index (χ3v) is 9.78. The second-order valence-electron chi connectivity index (χ2n) is 12.1. The highest BCUT2D eigenvalue weighted by Crippen LogP contribution is 2.59. The second-order valence-corrected chi connectivity index (χ2v) is 12.1. The molecule has 3 fully saturated rings. The molecule has 218 valence electrons. The highest BCUT2D eigenvalue weighted by molar-refractivity contribution is 5.40. The van der Waals surface area contributed by atoms with E-state index in [1.807, 2.05) is 6.07 Å². The van der Waals surface area contributed by atoms with Crippen LogP contribution in [0.3, 0.4) is 0 Å². The lowest BCUT2D eigenvalue weighted by Crippen LogP contribution is -2.67. The number of ether oxygens (including phenoxy) is 3. The number of quaternary nitrogens is 1. The molecule has 7 rings (SSSR count). The van der Waals surface area contributed by atoms with Crippen LogP contribution in [0.1, 0.15) is 41.5 Å². The Labute approximate surface area is 251 Å². The molecular formula is C38H44NO3+. The van der Waals surface area contributed by atoms with E-state index in [0.717, 1.165) is 36.9 Å². The molecule has 0 aromatic heterocycles. The molecule has 3 heterocycles. The largest absolute Gasteiger partial charge is 0.374 e. The van der Waals surface area contributed by atoms with Crippen LogP contribution in [0, 0.1) is 5.41 Å². The summed E-state index contributed by atoms with van der Waals surface area (Å²) in [4.78, 5) is 0. The molecule has 3 aliphatic heterocycles. The van der Waals surface area contributed by atoms with E-state index in [-0.39, 0.29) is 5.41 Å².